The van der Waals surface area contributed by atoms with E-state index < -0.39 is 7.37 Å². The quantitative estimate of drug-likeness (QED) is 0.735. The van der Waals surface area contributed by atoms with Gasteiger partial charge in [0.25, 0.3) is 0 Å². The molecule has 0 radical (unpaired) electrons. The molecule has 0 saturated heterocycles. The first-order chi connectivity index (χ1) is 8.02. The van der Waals surface area contributed by atoms with E-state index in [2.05, 4.69) is 0 Å². The van der Waals surface area contributed by atoms with Crippen molar-refractivity contribution < 1.29 is 18.6 Å². The van der Waals surface area contributed by atoms with Crippen LogP contribution in [0.25, 0.3) is 0 Å². The fourth-order valence-corrected chi connectivity index (χ4v) is 3.13. The second-order valence-corrected chi connectivity index (χ2v) is 6.38. The molecule has 4 nitrogen and oxygen atoms in total. The molecular weight excluding hydrogens is 239 g/mol. The van der Waals surface area contributed by atoms with Crippen LogP contribution in [0.5, 0.6) is 11.5 Å². The topological polar surface area (TPSA) is 44.8 Å². The highest BCUT2D eigenvalue weighted by Crippen LogP contribution is 2.46. The third kappa shape index (κ3) is 4.06. The molecule has 0 amide bonds. The highest BCUT2D eigenvalue weighted by atomic mass is 31.2. The van der Waals surface area contributed by atoms with Gasteiger partial charge in [0.1, 0.15) is 0 Å². The maximum atomic E-state index is 12.0. The molecule has 1 unspecified atom stereocenters. The Labute approximate surface area is 102 Å². The van der Waals surface area contributed by atoms with E-state index in [9.17, 15) is 4.57 Å². The molecule has 0 aliphatic heterocycles. The fourth-order valence-electron chi connectivity index (χ4n) is 1.63. The van der Waals surface area contributed by atoms with E-state index in [1.807, 2.05) is 19.1 Å². The molecule has 0 aromatic heterocycles. The van der Waals surface area contributed by atoms with E-state index in [1.165, 1.54) is 0 Å². The van der Waals surface area contributed by atoms with Gasteiger partial charge in [0.2, 0.25) is 7.37 Å². The molecule has 1 aromatic carbocycles. The van der Waals surface area contributed by atoms with Crippen LogP contribution in [-0.4, -0.2) is 27.5 Å². The van der Waals surface area contributed by atoms with Gasteiger partial charge in [-0.3, -0.25) is 4.57 Å². The van der Waals surface area contributed by atoms with Gasteiger partial charge in [0, 0.05) is 12.8 Å². The van der Waals surface area contributed by atoms with Gasteiger partial charge in [-0.25, -0.2) is 0 Å². The number of ether oxygens (including phenoxy) is 2. The Hall–Kier alpha value is -0.990. The van der Waals surface area contributed by atoms with E-state index in [1.54, 1.807) is 27.0 Å². The minimum Gasteiger partial charge on any atom is -0.493 e. The Morgan fingerprint density at radius 2 is 1.82 bits per heavy atom. The lowest BCUT2D eigenvalue weighted by molar-refractivity contribution is 0.336. The maximum absolute atomic E-state index is 12.0. The number of methoxy groups -OCH3 is 2. The van der Waals surface area contributed by atoms with Crippen molar-refractivity contribution in [1.82, 2.24) is 0 Å². The predicted octanol–water partition coefficient (Wildman–Crippen LogP) is 3.15. The minimum absolute atomic E-state index is 0.404. The molecule has 17 heavy (non-hydrogen) atoms. The zero-order valence-corrected chi connectivity index (χ0v) is 11.6. The summed E-state index contributed by atoms with van der Waals surface area (Å²) >= 11 is 0. The summed E-state index contributed by atoms with van der Waals surface area (Å²) in [5.74, 6) is 1.31. The van der Waals surface area contributed by atoms with Crippen molar-refractivity contribution in [2.75, 3.05) is 27.5 Å². The highest BCUT2D eigenvalue weighted by molar-refractivity contribution is 7.57. The van der Waals surface area contributed by atoms with Gasteiger partial charge in [-0.1, -0.05) is 6.07 Å². The van der Waals surface area contributed by atoms with E-state index >= 15 is 0 Å². The van der Waals surface area contributed by atoms with Gasteiger partial charge in [-0.15, -0.1) is 0 Å². The van der Waals surface area contributed by atoms with Crippen LogP contribution in [0.2, 0.25) is 0 Å². The number of hydrogen-bond donors (Lipinski definition) is 0. The Morgan fingerprint density at radius 3 is 2.35 bits per heavy atom. The number of rotatable bonds is 6. The second-order valence-electron chi connectivity index (χ2n) is 3.78. The largest absolute Gasteiger partial charge is 0.493 e. The first-order valence-corrected chi connectivity index (χ1v) is 7.70. The van der Waals surface area contributed by atoms with Gasteiger partial charge < -0.3 is 14.0 Å². The fraction of sp³-hybridized carbons (Fsp3) is 0.500. The van der Waals surface area contributed by atoms with Crippen molar-refractivity contribution in [2.24, 2.45) is 0 Å². The van der Waals surface area contributed by atoms with Crippen molar-refractivity contribution in [3.8, 4) is 11.5 Å². The smallest absolute Gasteiger partial charge is 0.204 e. The number of benzene rings is 1. The lowest BCUT2D eigenvalue weighted by Crippen LogP contribution is -1.95. The van der Waals surface area contributed by atoms with Crippen molar-refractivity contribution >= 4 is 7.37 Å². The van der Waals surface area contributed by atoms with Gasteiger partial charge in [0.05, 0.1) is 20.8 Å². The highest BCUT2D eigenvalue weighted by Gasteiger charge is 2.17. The zero-order chi connectivity index (χ0) is 12.9. The molecule has 1 aromatic rings. The number of hydrogen-bond acceptors (Lipinski definition) is 4. The lowest BCUT2D eigenvalue weighted by atomic mass is 10.2. The molecule has 0 aliphatic carbocycles. The SMILES string of the molecule is CCOP(C)(=O)Cc1ccc(OC)c(OC)c1. The normalized spacial score (nSPS) is 14.1. The molecule has 1 rings (SSSR count). The maximum Gasteiger partial charge on any atom is 0.204 e. The van der Waals surface area contributed by atoms with E-state index in [4.69, 9.17) is 14.0 Å². The van der Waals surface area contributed by atoms with Crippen molar-refractivity contribution in [2.45, 2.75) is 13.1 Å². The minimum atomic E-state index is -2.56. The summed E-state index contributed by atoms with van der Waals surface area (Å²) in [5, 5.41) is 0. The van der Waals surface area contributed by atoms with Crippen molar-refractivity contribution in [3.05, 3.63) is 23.8 Å². The van der Waals surface area contributed by atoms with Gasteiger partial charge in [0.15, 0.2) is 11.5 Å². The molecule has 96 valence electrons. The summed E-state index contributed by atoms with van der Waals surface area (Å²) in [6, 6.07) is 5.50. The zero-order valence-electron chi connectivity index (χ0n) is 10.7. The van der Waals surface area contributed by atoms with Crippen LogP contribution in [0, 0.1) is 0 Å². The summed E-state index contributed by atoms with van der Waals surface area (Å²) in [7, 11) is 0.600. The summed E-state index contributed by atoms with van der Waals surface area (Å²) in [5.41, 5.74) is 0.918. The molecule has 0 saturated carbocycles. The Kier molecular flexibility index (Phi) is 5.03. The van der Waals surface area contributed by atoms with Crippen LogP contribution in [0.3, 0.4) is 0 Å². The van der Waals surface area contributed by atoms with Crippen LogP contribution in [0.1, 0.15) is 12.5 Å². The molecule has 1 atom stereocenters. The van der Waals surface area contributed by atoms with E-state index in [-0.39, 0.29) is 0 Å². The Bertz CT molecular complexity index is 417. The average molecular weight is 258 g/mol. The van der Waals surface area contributed by atoms with Crippen LogP contribution < -0.4 is 9.47 Å². The second kappa shape index (κ2) is 6.08. The third-order valence-corrected chi connectivity index (χ3v) is 4.06. The summed E-state index contributed by atoms with van der Waals surface area (Å²) in [6.07, 6.45) is 0.404. The van der Waals surface area contributed by atoms with Crippen LogP contribution >= 0.6 is 7.37 Å². The lowest BCUT2D eigenvalue weighted by Gasteiger charge is -2.14. The molecule has 0 bridgehead atoms. The summed E-state index contributed by atoms with van der Waals surface area (Å²) in [6.45, 7) is 3.94. The van der Waals surface area contributed by atoms with Gasteiger partial charge in [-0.05, 0) is 24.6 Å². The molecular formula is C12H19O4P. The monoisotopic (exact) mass is 258 g/mol. The van der Waals surface area contributed by atoms with Gasteiger partial charge in [-0.2, -0.15) is 0 Å². The van der Waals surface area contributed by atoms with E-state index in [0.29, 0.717) is 24.3 Å². The summed E-state index contributed by atoms with van der Waals surface area (Å²) in [4.78, 5) is 0. The Balaban J connectivity index is 2.89. The first-order valence-electron chi connectivity index (χ1n) is 5.44. The molecule has 5 heteroatoms. The Morgan fingerprint density at radius 1 is 1.18 bits per heavy atom. The predicted molar refractivity (Wildman–Crippen MR) is 68.4 cm³/mol. The molecule has 0 fully saturated rings. The molecule has 0 aliphatic rings. The molecule has 0 spiro atoms. The van der Waals surface area contributed by atoms with Crippen molar-refractivity contribution in [1.29, 1.82) is 0 Å². The molecule has 0 N–H and O–H groups in total. The van der Waals surface area contributed by atoms with Crippen LogP contribution in [-0.2, 0) is 15.3 Å². The third-order valence-electron chi connectivity index (χ3n) is 2.32. The van der Waals surface area contributed by atoms with Crippen LogP contribution in [0.4, 0.5) is 0 Å². The standard InChI is InChI=1S/C12H19O4P/c1-5-16-17(4,13)9-10-6-7-11(14-2)12(8-10)15-3/h6-8H,5,9H2,1-4H3. The average Bonchev–Trinajstić information content (AvgIpc) is 2.28. The van der Waals surface area contributed by atoms with Crippen molar-refractivity contribution in [3.63, 3.8) is 0 Å². The van der Waals surface area contributed by atoms with E-state index in [0.717, 1.165) is 5.56 Å². The van der Waals surface area contributed by atoms with Gasteiger partial charge >= 0.3 is 0 Å². The van der Waals surface area contributed by atoms with Crippen LogP contribution in [0.15, 0.2) is 18.2 Å². The first kappa shape index (κ1) is 14.1. The molecule has 0 heterocycles. The summed E-state index contributed by atoms with van der Waals surface area (Å²) < 4.78 is 27.6.